The van der Waals surface area contributed by atoms with Crippen LogP contribution in [0.3, 0.4) is 0 Å². The molecule has 2 aromatic carbocycles. The van der Waals surface area contributed by atoms with Gasteiger partial charge in [0.1, 0.15) is 12.2 Å². The summed E-state index contributed by atoms with van der Waals surface area (Å²) >= 11 is 0. The van der Waals surface area contributed by atoms with Gasteiger partial charge in [-0.1, -0.05) is 0 Å². The number of amides is 2. The van der Waals surface area contributed by atoms with Gasteiger partial charge in [0.25, 0.3) is 22.7 Å². The third-order valence-corrected chi connectivity index (χ3v) is 5.30. The maximum Gasteiger partial charge on any atom is 0.412 e. The molecule has 3 rings (SSSR count). The van der Waals surface area contributed by atoms with Crippen LogP contribution in [0.25, 0.3) is 0 Å². The van der Waals surface area contributed by atoms with Crippen LogP contribution in [0.5, 0.6) is 0 Å². The van der Waals surface area contributed by atoms with E-state index in [-0.39, 0.29) is 24.2 Å². The molecule has 2 N–H and O–H groups in total. The lowest BCUT2D eigenvalue weighted by Crippen LogP contribution is -2.39. The summed E-state index contributed by atoms with van der Waals surface area (Å²) in [5, 5.41) is 48.5. The zero-order chi connectivity index (χ0) is 28.0. The molecule has 200 valence electrons. The summed E-state index contributed by atoms with van der Waals surface area (Å²) in [5.74, 6) is 0. The zero-order valence-corrected chi connectivity index (χ0v) is 19.1. The van der Waals surface area contributed by atoms with Crippen LogP contribution in [0.4, 0.5) is 43.7 Å². The van der Waals surface area contributed by atoms with Crippen molar-refractivity contribution in [3.05, 3.63) is 76.9 Å². The molecule has 0 heterocycles. The number of nitrogens with zero attached hydrogens (tertiary/aromatic N) is 4. The smallest absolute Gasteiger partial charge is 0.412 e. The topological polar surface area (TPSA) is 249 Å². The third-order valence-electron chi connectivity index (χ3n) is 5.30. The van der Waals surface area contributed by atoms with Gasteiger partial charge < -0.3 is 9.47 Å². The predicted molar refractivity (Wildman–Crippen MR) is 126 cm³/mol. The highest BCUT2D eigenvalue weighted by Crippen LogP contribution is 2.29. The number of nitro groups is 4. The molecule has 0 bridgehead atoms. The van der Waals surface area contributed by atoms with Crippen molar-refractivity contribution in [2.75, 3.05) is 10.6 Å². The molecule has 2 atom stereocenters. The Morgan fingerprint density at radius 3 is 1.16 bits per heavy atom. The van der Waals surface area contributed by atoms with Gasteiger partial charge in [-0.15, -0.1) is 0 Å². The van der Waals surface area contributed by atoms with Crippen molar-refractivity contribution in [2.45, 2.75) is 37.9 Å². The summed E-state index contributed by atoms with van der Waals surface area (Å²) in [7, 11) is 0. The molecule has 18 nitrogen and oxygen atoms in total. The number of anilines is 2. The lowest BCUT2D eigenvalue weighted by Gasteiger charge is -2.30. The van der Waals surface area contributed by atoms with Crippen molar-refractivity contribution in [1.29, 1.82) is 0 Å². The van der Waals surface area contributed by atoms with E-state index in [2.05, 4.69) is 10.6 Å². The van der Waals surface area contributed by atoms with Crippen molar-refractivity contribution in [3.63, 3.8) is 0 Å². The Bertz CT molecular complexity index is 1150. The molecule has 0 aromatic heterocycles. The summed E-state index contributed by atoms with van der Waals surface area (Å²) in [6.07, 6.45) is -2.45. The third kappa shape index (κ3) is 7.06. The molecule has 18 heteroatoms. The van der Waals surface area contributed by atoms with E-state index in [1.807, 2.05) is 0 Å². The van der Waals surface area contributed by atoms with Crippen LogP contribution in [0.1, 0.15) is 25.7 Å². The first-order valence-corrected chi connectivity index (χ1v) is 10.8. The number of benzene rings is 2. The Kier molecular flexibility index (Phi) is 8.25. The van der Waals surface area contributed by atoms with Crippen LogP contribution >= 0.6 is 0 Å². The Morgan fingerprint density at radius 2 is 0.895 bits per heavy atom. The van der Waals surface area contributed by atoms with Gasteiger partial charge in [-0.25, -0.2) is 9.59 Å². The second-order valence-corrected chi connectivity index (χ2v) is 7.93. The number of carbonyl (C=O) groups is 2. The zero-order valence-electron chi connectivity index (χ0n) is 19.1. The second-order valence-electron chi connectivity index (χ2n) is 7.93. The quantitative estimate of drug-likeness (QED) is 0.352. The highest BCUT2D eigenvalue weighted by Gasteiger charge is 2.32. The predicted octanol–water partition coefficient (Wildman–Crippen LogP) is 4.43. The first kappa shape index (κ1) is 27.2. The van der Waals surface area contributed by atoms with Gasteiger partial charge in [0.05, 0.1) is 43.2 Å². The number of nitrogens with one attached hydrogen (secondary N) is 2. The minimum absolute atomic E-state index is 0.267. The summed E-state index contributed by atoms with van der Waals surface area (Å²) in [6.45, 7) is 0. The van der Waals surface area contributed by atoms with Gasteiger partial charge in [0.15, 0.2) is 0 Å². The Morgan fingerprint density at radius 1 is 0.605 bits per heavy atom. The van der Waals surface area contributed by atoms with Gasteiger partial charge in [-0.05, 0) is 25.7 Å². The molecule has 1 fully saturated rings. The Labute approximate surface area is 211 Å². The number of hydrogen-bond donors (Lipinski definition) is 2. The van der Waals surface area contributed by atoms with E-state index in [1.165, 1.54) is 0 Å². The highest BCUT2D eigenvalue weighted by atomic mass is 16.6. The first-order valence-electron chi connectivity index (χ1n) is 10.8. The fourth-order valence-corrected chi connectivity index (χ4v) is 3.66. The lowest BCUT2D eigenvalue weighted by molar-refractivity contribution is -0.394. The maximum atomic E-state index is 12.4. The fourth-order valence-electron chi connectivity index (χ4n) is 3.66. The van der Waals surface area contributed by atoms with E-state index < -0.39 is 66.8 Å². The lowest BCUT2D eigenvalue weighted by atomic mass is 9.94. The van der Waals surface area contributed by atoms with E-state index in [9.17, 15) is 50.0 Å². The van der Waals surface area contributed by atoms with Gasteiger partial charge >= 0.3 is 12.2 Å². The van der Waals surface area contributed by atoms with Crippen LogP contribution in [-0.4, -0.2) is 44.1 Å². The second kappa shape index (κ2) is 11.5. The van der Waals surface area contributed by atoms with Gasteiger partial charge in [-0.2, -0.15) is 0 Å². The van der Waals surface area contributed by atoms with E-state index in [0.29, 0.717) is 12.8 Å². The number of rotatable bonds is 8. The van der Waals surface area contributed by atoms with E-state index in [1.54, 1.807) is 0 Å². The molecule has 38 heavy (non-hydrogen) atoms. The number of hydrogen-bond acceptors (Lipinski definition) is 12. The largest absolute Gasteiger partial charge is 0.442 e. The molecule has 1 saturated carbocycles. The molecule has 0 spiro atoms. The van der Waals surface area contributed by atoms with Crippen molar-refractivity contribution >= 4 is 46.3 Å². The number of ether oxygens (including phenoxy) is 2. The molecule has 0 aliphatic heterocycles. The molecule has 0 unspecified atom stereocenters. The SMILES string of the molecule is O=C(Nc1cc([N+](=O)[O-])cc([N+](=O)[O-])c1)O[C@H]1CCCC[C@@H]1OC(=O)Nc1cc([N+](=O)[O-])cc([N+](=O)[O-])c1. The normalized spacial score (nSPS) is 16.5. The summed E-state index contributed by atoms with van der Waals surface area (Å²) in [5.41, 5.74) is -3.07. The van der Waals surface area contributed by atoms with E-state index >= 15 is 0 Å². The standard InChI is InChI=1S/C20H18N6O12/c27-19(21-11-5-13(23(29)30)9-14(6-11)24(31)32)37-17-3-1-2-4-18(17)38-20(28)22-12-7-15(25(33)34)10-16(8-12)26(35)36/h5-10,17-18H,1-4H2,(H,21,27)(H,22,28)/t17-,18-/m0/s1. The van der Waals surface area contributed by atoms with Crippen LogP contribution in [0.15, 0.2) is 36.4 Å². The van der Waals surface area contributed by atoms with Crippen molar-refractivity contribution in [1.82, 2.24) is 0 Å². The van der Waals surface area contributed by atoms with Gasteiger partial charge in [0.2, 0.25) is 0 Å². The van der Waals surface area contributed by atoms with Gasteiger partial charge in [-0.3, -0.25) is 51.1 Å². The van der Waals surface area contributed by atoms with Crippen LogP contribution in [0, 0.1) is 40.5 Å². The summed E-state index contributed by atoms with van der Waals surface area (Å²) in [4.78, 5) is 65.5. The molecule has 2 aromatic rings. The Hall–Kier alpha value is -5.42. The highest BCUT2D eigenvalue weighted by molar-refractivity contribution is 5.87. The molecular weight excluding hydrogens is 516 g/mol. The van der Waals surface area contributed by atoms with Crippen molar-refractivity contribution in [2.24, 2.45) is 0 Å². The molecule has 2 amide bonds. The number of nitro benzene ring substituents is 4. The average molecular weight is 534 g/mol. The molecule has 1 aliphatic carbocycles. The number of carbonyl (C=O) groups excluding carboxylic acids is 2. The fraction of sp³-hybridized carbons (Fsp3) is 0.300. The molecule has 0 radical (unpaired) electrons. The minimum Gasteiger partial charge on any atom is -0.442 e. The maximum absolute atomic E-state index is 12.4. The average Bonchev–Trinajstić information content (AvgIpc) is 2.84. The first-order chi connectivity index (χ1) is 17.9. The van der Waals surface area contributed by atoms with Gasteiger partial charge in [0, 0.05) is 24.3 Å². The minimum atomic E-state index is -1.12. The summed E-state index contributed by atoms with van der Waals surface area (Å²) in [6, 6.07) is 5.03. The van der Waals surface area contributed by atoms with Crippen LogP contribution < -0.4 is 10.6 Å². The van der Waals surface area contributed by atoms with Crippen LogP contribution in [-0.2, 0) is 9.47 Å². The van der Waals surface area contributed by atoms with Crippen LogP contribution in [0.2, 0.25) is 0 Å². The Balaban J connectivity index is 1.68. The van der Waals surface area contributed by atoms with E-state index in [0.717, 1.165) is 36.4 Å². The van der Waals surface area contributed by atoms with Crippen molar-refractivity contribution in [3.8, 4) is 0 Å². The van der Waals surface area contributed by atoms with E-state index in [4.69, 9.17) is 9.47 Å². The monoisotopic (exact) mass is 534 g/mol. The molecular formula is C20H18N6O12. The summed E-state index contributed by atoms with van der Waals surface area (Å²) < 4.78 is 10.6. The molecule has 0 saturated heterocycles. The van der Waals surface area contributed by atoms with Crippen molar-refractivity contribution < 1.29 is 38.8 Å². The number of non-ortho nitro benzene ring substituents is 4. The molecule has 1 aliphatic rings.